The third-order valence-electron chi connectivity index (χ3n) is 4.37. The SMILES string of the molecule is COc1c(Cl)cc2c(c1Cl)c(CCNC(C)=O)c(Br)n2Cc1ccccc1. The largest absolute Gasteiger partial charge is 0.494 e. The lowest BCUT2D eigenvalue weighted by molar-refractivity contribution is -0.118. The molecule has 2 aromatic carbocycles. The van der Waals surface area contributed by atoms with Crippen LogP contribution in [-0.2, 0) is 17.8 Å². The minimum absolute atomic E-state index is 0.0640. The number of amides is 1. The number of hydrogen-bond acceptors (Lipinski definition) is 2. The molecule has 27 heavy (non-hydrogen) atoms. The molecule has 0 spiro atoms. The fraction of sp³-hybridized carbons (Fsp3) is 0.250. The summed E-state index contributed by atoms with van der Waals surface area (Å²) >= 11 is 16.8. The number of rotatable bonds is 6. The van der Waals surface area contributed by atoms with Crippen molar-refractivity contribution in [1.82, 2.24) is 9.88 Å². The number of nitrogens with one attached hydrogen (secondary N) is 1. The number of methoxy groups -OCH3 is 1. The number of benzene rings is 2. The summed E-state index contributed by atoms with van der Waals surface area (Å²) in [6.45, 7) is 2.68. The Bertz CT molecular complexity index is 987. The fourth-order valence-electron chi connectivity index (χ4n) is 3.16. The van der Waals surface area contributed by atoms with Crippen LogP contribution in [0.2, 0.25) is 10.0 Å². The van der Waals surface area contributed by atoms with Crippen LogP contribution in [0.5, 0.6) is 5.75 Å². The molecule has 3 aromatic rings. The van der Waals surface area contributed by atoms with Gasteiger partial charge in [0.1, 0.15) is 0 Å². The second kappa shape index (κ2) is 8.55. The lowest BCUT2D eigenvalue weighted by atomic mass is 10.1. The number of ether oxygens (including phenoxy) is 1. The molecule has 0 bridgehead atoms. The number of aromatic nitrogens is 1. The lowest BCUT2D eigenvalue weighted by Crippen LogP contribution is -2.22. The Kier molecular flexibility index (Phi) is 6.35. The highest BCUT2D eigenvalue weighted by Gasteiger charge is 2.22. The second-order valence-corrected chi connectivity index (χ2v) is 7.71. The average Bonchev–Trinajstić information content (AvgIpc) is 2.88. The van der Waals surface area contributed by atoms with Gasteiger partial charge in [-0.25, -0.2) is 0 Å². The summed E-state index contributed by atoms with van der Waals surface area (Å²) in [5.74, 6) is 0.391. The minimum atomic E-state index is -0.0640. The summed E-state index contributed by atoms with van der Waals surface area (Å²) in [5, 5.41) is 4.65. The molecule has 1 amide bonds. The first kappa shape index (κ1) is 20.1. The van der Waals surface area contributed by atoms with Crippen LogP contribution in [0.1, 0.15) is 18.1 Å². The molecule has 0 radical (unpaired) electrons. The molecular weight excluding hydrogens is 451 g/mol. The first-order chi connectivity index (χ1) is 12.9. The zero-order valence-corrected chi connectivity index (χ0v) is 18.1. The molecule has 0 aliphatic heterocycles. The molecule has 0 saturated heterocycles. The van der Waals surface area contributed by atoms with Crippen LogP contribution >= 0.6 is 39.1 Å². The molecule has 7 heteroatoms. The fourth-order valence-corrected chi connectivity index (χ4v) is 4.59. The Morgan fingerprint density at radius 3 is 2.59 bits per heavy atom. The van der Waals surface area contributed by atoms with E-state index in [1.807, 2.05) is 24.3 Å². The van der Waals surface area contributed by atoms with E-state index in [-0.39, 0.29) is 5.91 Å². The van der Waals surface area contributed by atoms with Gasteiger partial charge in [0.2, 0.25) is 5.91 Å². The monoisotopic (exact) mass is 468 g/mol. The molecule has 0 aliphatic rings. The van der Waals surface area contributed by atoms with E-state index in [4.69, 9.17) is 27.9 Å². The van der Waals surface area contributed by atoms with Gasteiger partial charge < -0.3 is 14.6 Å². The Morgan fingerprint density at radius 1 is 1.26 bits per heavy atom. The van der Waals surface area contributed by atoms with Crippen molar-refractivity contribution in [3.8, 4) is 5.75 Å². The predicted octanol–water partition coefficient (Wildman–Crippen LogP) is 5.45. The number of carbonyl (C=O) groups excluding carboxylic acids is 1. The highest BCUT2D eigenvalue weighted by atomic mass is 79.9. The maximum atomic E-state index is 11.2. The van der Waals surface area contributed by atoms with Gasteiger partial charge in [-0.1, -0.05) is 53.5 Å². The highest BCUT2D eigenvalue weighted by Crippen LogP contribution is 2.44. The zero-order valence-electron chi connectivity index (χ0n) is 15.0. The molecule has 142 valence electrons. The average molecular weight is 470 g/mol. The quantitative estimate of drug-likeness (QED) is 0.521. The van der Waals surface area contributed by atoms with Gasteiger partial charge in [-0.05, 0) is 39.5 Å². The summed E-state index contributed by atoms with van der Waals surface area (Å²) in [5.41, 5.74) is 3.08. The van der Waals surface area contributed by atoms with E-state index in [9.17, 15) is 4.79 Å². The minimum Gasteiger partial charge on any atom is -0.494 e. The molecule has 0 aliphatic carbocycles. The number of hydrogen-bond donors (Lipinski definition) is 1. The molecule has 1 heterocycles. The normalized spacial score (nSPS) is 11.0. The van der Waals surface area contributed by atoms with E-state index >= 15 is 0 Å². The van der Waals surface area contributed by atoms with Crippen molar-refractivity contribution in [2.75, 3.05) is 13.7 Å². The molecule has 0 atom stereocenters. The summed E-state index contributed by atoms with van der Waals surface area (Å²) in [7, 11) is 1.55. The van der Waals surface area contributed by atoms with Gasteiger partial charge in [-0.3, -0.25) is 4.79 Å². The third kappa shape index (κ3) is 4.10. The first-order valence-corrected chi connectivity index (χ1v) is 9.99. The topological polar surface area (TPSA) is 43.3 Å². The van der Waals surface area contributed by atoms with Gasteiger partial charge in [-0.2, -0.15) is 0 Å². The van der Waals surface area contributed by atoms with Crippen LogP contribution in [0.15, 0.2) is 41.0 Å². The van der Waals surface area contributed by atoms with Gasteiger partial charge in [0, 0.05) is 25.4 Å². The first-order valence-electron chi connectivity index (χ1n) is 8.45. The number of halogens is 3. The van der Waals surface area contributed by atoms with Gasteiger partial charge >= 0.3 is 0 Å². The Labute approximate surface area is 176 Å². The van der Waals surface area contributed by atoms with Gasteiger partial charge in [0.25, 0.3) is 0 Å². The summed E-state index contributed by atoms with van der Waals surface area (Å²) < 4.78 is 8.44. The van der Waals surface area contributed by atoms with Crippen molar-refractivity contribution in [3.05, 3.63) is 62.2 Å². The molecule has 1 N–H and O–H groups in total. The standard InChI is InChI=1S/C20H19BrCl2N2O2/c1-12(26)24-9-8-14-17-16(10-15(22)19(27-2)18(17)23)25(20(14)21)11-13-6-4-3-5-7-13/h3-7,10H,8-9,11H2,1-2H3,(H,24,26). The smallest absolute Gasteiger partial charge is 0.216 e. The highest BCUT2D eigenvalue weighted by molar-refractivity contribution is 9.10. The van der Waals surface area contributed by atoms with Gasteiger partial charge in [0.05, 0.1) is 27.3 Å². The van der Waals surface area contributed by atoms with Crippen LogP contribution in [-0.4, -0.2) is 24.1 Å². The molecule has 0 saturated carbocycles. The van der Waals surface area contributed by atoms with Crippen LogP contribution in [0.4, 0.5) is 0 Å². The van der Waals surface area contributed by atoms with Crippen LogP contribution in [0, 0.1) is 0 Å². The Hall–Kier alpha value is -1.69. The van der Waals surface area contributed by atoms with E-state index in [0.717, 1.165) is 26.6 Å². The van der Waals surface area contributed by atoms with Crippen molar-refractivity contribution >= 4 is 55.9 Å². The summed E-state index contributed by atoms with van der Waals surface area (Å²) in [4.78, 5) is 11.2. The molecule has 1 aromatic heterocycles. The Morgan fingerprint density at radius 2 is 1.96 bits per heavy atom. The van der Waals surface area contributed by atoms with Crippen LogP contribution in [0.25, 0.3) is 10.9 Å². The maximum absolute atomic E-state index is 11.2. The van der Waals surface area contributed by atoms with E-state index in [2.05, 4.69) is 37.9 Å². The van der Waals surface area contributed by atoms with Gasteiger partial charge in [-0.15, -0.1) is 0 Å². The Balaban J connectivity index is 2.16. The van der Waals surface area contributed by atoms with E-state index in [0.29, 0.717) is 35.3 Å². The van der Waals surface area contributed by atoms with E-state index in [1.165, 1.54) is 6.92 Å². The lowest BCUT2D eigenvalue weighted by Gasteiger charge is -2.10. The van der Waals surface area contributed by atoms with Crippen LogP contribution < -0.4 is 10.1 Å². The molecule has 0 unspecified atom stereocenters. The number of nitrogens with zero attached hydrogens (tertiary/aromatic N) is 1. The van der Waals surface area contributed by atoms with Crippen LogP contribution in [0.3, 0.4) is 0 Å². The zero-order chi connectivity index (χ0) is 19.6. The molecular formula is C20H19BrCl2N2O2. The van der Waals surface area contributed by atoms with Crippen molar-refractivity contribution in [3.63, 3.8) is 0 Å². The second-order valence-electron chi connectivity index (χ2n) is 6.17. The van der Waals surface area contributed by atoms with Crippen molar-refractivity contribution < 1.29 is 9.53 Å². The van der Waals surface area contributed by atoms with E-state index in [1.54, 1.807) is 7.11 Å². The number of fused-ring (bicyclic) bond motifs is 1. The van der Waals surface area contributed by atoms with Crippen molar-refractivity contribution in [2.45, 2.75) is 19.9 Å². The van der Waals surface area contributed by atoms with Crippen molar-refractivity contribution in [1.29, 1.82) is 0 Å². The molecule has 4 nitrogen and oxygen atoms in total. The summed E-state index contributed by atoms with van der Waals surface area (Å²) in [6, 6.07) is 12.0. The number of carbonyl (C=O) groups is 1. The predicted molar refractivity (Wildman–Crippen MR) is 114 cm³/mol. The third-order valence-corrected chi connectivity index (χ3v) is 5.92. The summed E-state index contributed by atoms with van der Waals surface area (Å²) in [6.07, 6.45) is 0.628. The van der Waals surface area contributed by atoms with Gasteiger partial charge in [0.15, 0.2) is 5.75 Å². The molecule has 3 rings (SSSR count). The van der Waals surface area contributed by atoms with Crippen molar-refractivity contribution in [2.24, 2.45) is 0 Å². The maximum Gasteiger partial charge on any atom is 0.216 e. The molecule has 0 fully saturated rings. The van der Waals surface area contributed by atoms with E-state index < -0.39 is 0 Å².